The predicted molar refractivity (Wildman–Crippen MR) is 69.6 cm³/mol. The third kappa shape index (κ3) is 1.51. The predicted octanol–water partition coefficient (Wildman–Crippen LogP) is 2.71. The van der Waals surface area contributed by atoms with Crippen LogP contribution in [0, 0.1) is 22.6 Å². The molecule has 0 spiro atoms. The van der Waals surface area contributed by atoms with Gasteiger partial charge in [-0.2, -0.15) is 5.26 Å². The maximum absolute atomic E-state index is 14.3. The average molecular weight is 269 g/mol. The highest BCUT2D eigenvalue weighted by Gasteiger charge is 2.48. The fourth-order valence-corrected chi connectivity index (χ4v) is 2.85. The fourth-order valence-electron chi connectivity index (χ4n) is 2.85. The second-order valence-electron chi connectivity index (χ2n) is 5.49. The van der Waals surface area contributed by atoms with Gasteiger partial charge in [0, 0.05) is 5.56 Å². The van der Waals surface area contributed by atoms with Crippen LogP contribution in [-0.2, 0) is 0 Å². The number of Topliss-reactive ketones (excluding diaryl/α,β-unsaturated/α-hetero) is 1. The first-order valence-electron chi connectivity index (χ1n) is 6.23. The zero-order chi connectivity index (χ0) is 14.5. The Labute approximate surface area is 115 Å². The fraction of sp³-hybridized carbons (Fsp3) is 0.267. The van der Waals surface area contributed by atoms with E-state index >= 15 is 0 Å². The number of nitriles is 1. The molecule has 1 aliphatic rings. The molecule has 0 saturated carbocycles. The molecular weight excluding hydrogens is 257 g/mol. The van der Waals surface area contributed by atoms with Gasteiger partial charge in [0.1, 0.15) is 11.5 Å². The molecule has 1 aromatic heterocycles. The van der Waals surface area contributed by atoms with Gasteiger partial charge in [0.25, 0.3) is 0 Å². The highest BCUT2D eigenvalue weighted by molar-refractivity contribution is 6.01. The molecule has 0 amide bonds. The van der Waals surface area contributed by atoms with Crippen molar-refractivity contribution in [2.45, 2.75) is 19.9 Å². The lowest BCUT2D eigenvalue weighted by molar-refractivity contribution is 0.0839. The number of aromatic nitrogens is 2. The Bertz CT molecular complexity index is 755. The number of halogens is 1. The van der Waals surface area contributed by atoms with Gasteiger partial charge in [-0.1, -0.05) is 19.9 Å². The van der Waals surface area contributed by atoms with Crippen molar-refractivity contribution in [1.29, 1.82) is 5.26 Å². The van der Waals surface area contributed by atoms with E-state index in [9.17, 15) is 9.18 Å². The molecule has 2 heterocycles. The standard InChI is InChI=1S/C15H12FN3O/c1-15(2)13(19-8-18-7-12(19)14(15)20)10-4-3-9(6-17)5-11(10)16/h3-5,7-8,13H,1-2H3. The molecule has 2 aromatic rings. The highest BCUT2D eigenvalue weighted by Crippen LogP contribution is 2.46. The molecule has 1 unspecified atom stereocenters. The monoisotopic (exact) mass is 269 g/mol. The van der Waals surface area contributed by atoms with Crippen LogP contribution in [0.1, 0.15) is 41.5 Å². The zero-order valence-corrected chi connectivity index (χ0v) is 11.1. The molecule has 4 nitrogen and oxygen atoms in total. The Hall–Kier alpha value is -2.48. The number of carbonyl (C=O) groups excluding carboxylic acids is 1. The lowest BCUT2D eigenvalue weighted by Gasteiger charge is -2.27. The Balaban J connectivity index is 2.20. The maximum atomic E-state index is 14.3. The summed E-state index contributed by atoms with van der Waals surface area (Å²) < 4.78 is 16.0. The molecule has 0 fully saturated rings. The summed E-state index contributed by atoms with van der Waals surface area (Å²) in [5.41, 5.74) is 0.412. The Kier molecular flexibility index (Phi) is 2.51. The topological polar surface area (TPSA) is 58.7 Å². The van der Waals surface area contributed by atoms with Crippen molar-refractivity contribution in [3.05, 3.63) is 53.4 Å². The van der Waals surface area contributed by atoms with Crippen molar-refractivity contribution in [3.63, 3.8) is 0 Å². The van der Waals surface area contributed by atoms with Gasteiger partial charge < -0.3 is 4.57 Å². The van der Waals surface area contributed by atoms with Gasteiger partial charge in [-0.05, 0) is 12.1 Å². The second-order valence-corrected chi connectivity index (χ2v) is 5.49. The quantitative estimate of drug-likeness (QED) is 0.799. The van der Waals surface area contributed by atoms with Gasteiger partial charge in [-0.25, -0.2) is 9.37 Å². The molecule has 0 N–H and O–H groups in total. The van der Waals surface area contributed by atoms with E-state index in [1.54, 1.807) is 36.9 Å². The van der Waals surface area contributed by atoms with E-state index in [1.165, 1.54) is 12.3 Å². The molecule has 0 saturated heterocycles. The van der Waals surface area contributed by atoms with Crippen molar-refractivity contribution in [2.75, 3.05) is 0 Å². The Morgan fingerprint density at radius 1 is 1.45 bits per heavy atom. The number of benzene rings is 1. The Morgan fingerprint density at radius 2 is 2.20 bits per heavy atom. The largest absolute Gasteiger partial charge is 0.319 e. The van der Waals surface area contributed by atoms with Gasteiger partial charge in [0.15, 0.2) is 5.78 Å². The van der Waals surface area contributed by atoms with Crippen LogP contribution in [0.5, 0.6) is 0 Å². The van der Waals surface area contributed by atoms with Crippen molar-refractivity contribution in [3.8, 4) is 6.07 Å². The van der Waals surface area contributed by atoms with Gasteiger partial charge in [-0.3, -0.25) is 4.79 Å². The lowest BCUT2D eigenvalue weighted by Crippen LogP contribution is -2.27. The van der Waals surface area contributed by atoms with Gasteiger partial charge in [-0.15, -0.1) is 0 Å². The van der Waals surface area contributed by atoms with Crippen molar-refractivity contribution in [1.82, 2.24) is 9.55 Å². The van der Waals surface area contributed by atoms with E-state index in [0.29, 0.717) is 11.3 Å². The van der Waals surface area contributed by atoms with E-state index < -0.39 is 17.3 Å². The van der Waals surface area contributed by atoms with E-state index in [-0.39, 0.29) is 11.3 Å². The van der Waals surface area contributed by atoms with Crippen molar-refractivity contribution in [2.24, 2.45) is 5.41 Å². The van der Waals surface area contributed by atoms with E-state index in [2.05, 4.69) is 4.98 Å². The molecule has 5 heteroatoms. The smallest absolute Gasteiger partial charge is 0.188 e. The SMILES string of the molecule is CC1(C)C(=O)c2cncn2C1c1ccc(C#N)cc1F. The first-order chi connectivity index (χ1) is 9.46. The molecule has 0 radical (unpaired) electrons. The molecule has 1 aromatic carbocycles. The van der Waals surface area contributed by atoms with Crippen LogP contribution in [0.4, 0.5) is 4.39 Å². The number of imidazole rings is 1. The zero-order valence-electron chi connectivity index (χ0n) is 11.1. The number of hydrogen-bond donors (Lipinski definition) is 0. The molecule has 1 atom stereocenters. The molecule has 20 heavy (non-hydrogen) atoms. The van der Waals surface area contributed by atoms with Crippen molar-refractivity contribution >= 4 is 5.78 Å². The average Bonchev–Trinajstić information content (AvgIpc) is 2.94. The van der Waals surface area contributed by atoms with Crippen LogP contribution >= 0.6 is 0 Å². The summed E-state index contributed by atoms with van der Waals surface area (Å²) in [5.74, 6) is -0.528. The number of hydrogen-bond acceptors (Lipinski definition) is 3. The number of carbonyl (C=O) groups is 1. The maximum Gasteiger partial charge on any atom is 0.188 e. The summed E-state index contributed by atoms with van der Waals surface area (Å²) in [7, 11) is 0. The number of fused-ring (bicyclic) bond motifs is 1. The van der Waals surface area contributed by atoms with E-state index in [0.717, 1.165) is 0 Å². The molecule has 0 aliphatic carbocycles. The van der Waals surface area contributed by atoms with Crippen LogP contribution in [0.3, 0.4) is 0 Å². The third-order valence-electron chi connectivity index (χ3n) is 3.87. The minimum absolute atomic E-state index is 0.0521. The summed E-state index contributed by atoms with van der Waals surface area (Å²) >= 11 is 0. The van der Waals surface area contributed by atoms with Crippen LogP contribution in [0.25, 0.3) is 0 Å². The molecule has 1 aliphatic heterocycles. The molecular formula is C15H12FN3O. The first-order valence-corrected chi connectivity index (χ1v) is 6.23. The van der Waals surface area contributed by atoms with Crippen LogP contribution < -0.4 is 0 Å². The molecule has 3 rings (SSSR count). The summed E-state index contributed by atoms with van der Waals surface area (Å²) in [6.07, 6.45) is 3.05. The highest BCUT2D eigenvalue weighted by atomic mass is 19.1. The minimum Gasteiger partial charge on any atom is -0.319 e. The molecule has 100 valence electrons. The summed E-state index contributed by atoms with van der Waals surface area (Å²) in [6, 6.07) is 5.79. The molecule has 0 bridgehead atoms. The van der Waals surface area contributed by atoms with Crippen LogP contribution in [0.15, 0.2) is 30.7 Å². The van der Waals surface area contributed by atoms with Crippen LogP contribution in [0.2, 0.25) is 0 Å². The third-order valence-corrected chi connectivity index (χ3v) is 3.87. The number of ketones is 1. The number of rotatable bonds is 1. The first kappa shape index (κ1) is 12.5. The number of nitrogens with zero attached hydrogens (tertiary/aromatic N) is 3. The van der Waals surface area contributed by atoms with Gasteiger partial charge >= 0.3 is 0 Å². The van der Waals surface area contributed by atoms with E-state index in [1.807, 2.05) is 6.07 Å². The summed E-state index contributed by atoms with van der Waals surface area (Å²) in [6.45, 7) is 3.59. The van der Waals surface area contributed by atoms with Crippen molar-refractivity contribution < 1.29 is 9.18 Å². The summed E-state index contributed by atoms with van der Waals surface area (Å²) in [4.78, 5) is 16.3. The Morgan fingerprint density at radius 3 is 2.85 bits per heavy atom. The van der Waals surface area contributed by atoms with Gasteiger partial charge in [0.05, 0.1) is 35.6 Å². The normalized spacial score (nSPS) is 19.7. The minimum atomic E-state index is -0.743. The van der Waals surface area contributed by atoms with E-state index in [4.69, 9.17) is 5.26 Å². The lowest BCUT2D eigenvalue weighted by atomic mass is 9.79. The van der Waals surface area contributed by atoms with Gasteiger partial charge in [0.2, 0.25) is 0 Å². The summed E-state index contributed by atoms with van der Waals surface area (Å²) in [5, 5.41) is 8.80. The van der Waals surface area contributed by atoms with Crippen LogP contribution in [-0.4, -0.2) is 15.3 Å². The second kappa shape index (κ2) is 4.01.